The lowest BCUT2D eigenvalue weighted by atomic mass is 10.1. The highest BCUT2D eigenvalue weighted by Crippen LogP contribution is 2.30. The highest BCUT2D eigenvalue weighted by molar-refractivity contribution is 5.67. The molecule has 0 amide bonds. The lowest BCUT2D eigenvalue weighted by molar-refractivity contribution is 1.05. The lowest BCUT2D eigenvalue weighted by Gasteiger charge is -2.19. The molecule has 0 bridgehead atoms. The van der Waals surface area contributed by atoms with Crippen molar-refractivity contribution in [2.45, 2.75) is 13.8 Å². The molecule has 2 rings (SSSR count). The molecule has 0 saturated heterocycles. The Hall–Kier alpha value is -2.16. The second kappa shape index (κ2) is 4.78. The molecule has 0 heterocycles. The van der Waals surface area contributed by atoms with Crippen molar-refractivity contribution in [1.82, 2.24) is 0 Å². The van der Waals surface area contributed by atoms with Crippen molar-refractivity contribution in [3.63, 3.8) is 0 Å². The van der Waals surface area contributed by atoms with Gasteiger partial charge in [0.25, 0.3) is 0 Å². The van der Waals surface area contributed by atoms with Crippen LogP contribution in [0.15, 0.2) is 53.8 Å². The predicted molar refractivity (Wildman–Crippen MR) is 70.3 cm³/mol. The first-order chi connectivity index (χ1) is 8.24. The third kappa shape index (κ3) is 2.18. The van der Waals surface area contributed by atoms with Crippen LogP contribution in [0.25, 0.3) is 0 Å². The van der Waals surface area contributed by atoms with Crippen molar-refractivity contribution in [3.8, 4) is 0 Å². The third-order valence-corrected chi connectivity index (χ3v) is 2.77. The van der Waals surface area contributed by atoms with Crippen LogP contribution < -0.4 is 5.01 Å². The van der Waals surface area contributed by atoms with Gasteiger partial charge >= 0.3 is 0 Å². The minimum absolute atomic E-state index is 0.816. The summed E-state index contributed by atoms with van der Waals surface area (Å²) in [6, 6.07) is 15.4. The summed E-state index contributed by atoms with van der Waals surface area (Å²) in [5, 5.41) is 4.57. The van der Waals surface area contributed by atoms with Crippen LogP contribution in [0, 0.1) is 18.8 Å². The molecule has 2 aromatic rings. The summed E-state index contributed by atoms with van der Waals surface area (Å²) in [6.07, 6.45) is 0. The van der Waals surface area contributed by atoms with E-state index in [0.717, 1.165) is 22.5 Å². The zero-order valence-corrected chi connectivity index (χ0v) is 9.92. The Morgan fingerprint density at radius 2 is 1.24 bits per heavy atom. The van der Waals surface area contributed by atoms with Crippen molar-refractivity contribution < 1.29 is 0 Å². The second-order valence-corrected chi connectivity index (χ2v) is 3.97. The number of hydrogen-bond donors (Lipinski definition) is 0. The van der Waals surface area contributed by atoms with Crippen molar-refractivity contribution in [1.29, 1.82) is 0 Å². The highest BCUT2D eigenvalue weighted by Gasteiger charge is 2.13. The Bertz CT molecular complexity index is 492. The van der Waals surface area contributed by atoms with Gasteiger partial charge in [0.1, 0.15) is 0 Å². The number of para-hydroxylation sites is 2. The van der Waals surface area contributed by atoms with E-state index >= 15 is 0 Å². The van der Waals surface area contributed by atoms with Gasteiger partial charge in [-0.25, -0.2) is 0 Å². The zero-order valence-electron chi connectivity index (χ0n) is 9.92. The number of rotatable bonds is 3. The summed E-state index contributed by atoms with van der Waals surface area (Å²) in [7, 11) is 0. The number of aryl methyl sites for hydroxylation is 2. The normalized spacial score (nSPS) is 10.0. The van der Waals surface area contributed by atoms with Crippen LogP contribution in [-0.2, 0) is 0 Å². The minimum atomic E-state index is 0.816. The Balaban J connectivity index is 2.52. The number of nitrogens with zero attached hydrogens (tertiary/aromatic N) is 2. The standard InChI is InChI=1S/C14H14N2O/c1-11-7-3-5-9-13(11)16(15-17)14-10-6-4-8-12(14)2/h3-10H,1-2H3. The monoisotopic (exact) mass is 226 g/mol. The second-order valence-electron chi connectivity index (χ2n) is 3.97. The van der Waals surface area contributed by atoms with E-state index in [1.54, 1.807) is 0 Å². The van der Waals surface area contributed by atoms with Crippen LogP contribution >= 0.6 is 0 Å². The summed E-state index contributed by atoms with van der Waals surface area (Å²) in [6.45, 7) is 3.93. The van der Waals surface area contributed by atoms with Crippen LogP contribution in [0.2, 0.25) is 0 Å². The van der Waals surface area contributed by atoms with Crippen LogP contribution in [0.5, 0.6) is 0 Å². The molecule has 0 saturated carbocycles. The third-order valence-electron chi connectivity index (χ3n) is 2.77. The maximum Gasteiger partial charge on any atom is 0.0714 e. The quantitative estimate of drug-likeness (QED) is 0.582. The van der Waals surface area contributed by atoms with Gasteiger partial charge in [0.05, 0.1) is 16.7 Å². The molecule has 3 heteroatoms. The first-order valence-corrected chi connectivity index (χ1v) is 5.48. The molecule has 3 nitrogen and oxygen atoms in total. The molecule has 0 aliphatic carbocycles. The molecule has 0 unspecified atom stereocenters. The van der Waals surface area contributed by atoms with Gasteiger partial charge in [-0.2, -0.15) is 5.01 Å². The Labute approximate surface area is 101 Å². The largest absolute Gasteiger partial charge is 0.197 e. The highest BCUT2D eigenvalue weighted by atomic mass is 16.3. The molecular formula is C14H14N2O. The van der Waals surface area contributed by atoms with E-state index < -0.39 is 0 Å². The molecule has 2 aromatic carbocycles. The molecular weight excluding hydrogens is 212 g/mol. The smallest absolute Gasteiger partial charge is 0.0714 e. The van der Waals surface area contributed by atoms with Gasteiger partial charge < -0.3 is 0 Å². The van der Waals surface area contributed by atoms with Crippen LogP contribution in [0.4, 0.5) is 11.4 Å². The fourth-order valence-electron chi connectivity index (χ4n) is 1.82. The minimum Gasteiger partial charge on any atom is -0.197 e. The van der Waals surface area contributed by atoms with E-state index in [1.807, 2.05) is 62.4 Å². The fraction of sp³-hybridized carbons (Fsp3) is 0.143. The Morgan fingerprint density at radius 1 is 0.824 bits per heavy atom. The number of hydrogen-bond acceptors (Lipinski definition) is 2. The van der Waals surface area contributed by atoms with Gasteiger partial charge in [0.2, 0.25) is 0 Å². The zero-order chi connectivity index (χ0) is 12.3. The number of anilines is 2. The average molecular weight is 226 g/mol. The van der Waals surface area contributed by atoms with E-state index in [4.69, 9.17) is 0 Å². The van der Waals surface area contributed by atoms with Gasteiger partial charge in [0.15, 0.2) is 0 Å². The summed E-state index contributed by atoms with van der Waals surface area (Å²) in [4.78, 5) is 11.1. The molecule has 0 aliphatic heterocycles. The Kier molecular flexibility index (Phi) is 3.19. The Morgan fingerprint density at radius 3 is 1.59 bits per heavy atom. The summed E-state index contributed by atoms with van der Waals surface area (Å²) >= 11 is 0. The van der Waals surface area contributed by atoms with Crippen molar-refractivity contribution in [2.75, 3.05) is 5.01 Å². The molecule has 0 aromatic heterocycles. The topological polar surface area (TPSA) is 32.7 Å². The maximum atomic E-state index is 11.1. The van der Waals surface area contributed by atoms with Gasteiger partial charge in [-0.3, -0.25) is 0 Å². The summed E-state index contributed by atoms with van der Waals surface area (Å²) in [5.74, 6) is 0. The lowest BCUT2D eigenvalue weighted by Crippen LogP contribution is -2.10. The number of nitroso groups, excluding NO2 is 1. The van der Waals surface area contributed by atoms with Gasteiger partial charge in [0, 0.05) is 0 Å². The molecule has 86 valence electrons. The summed E-state index contributed by atoms with van der Waals surface area (Å²) in [5.41, 5.74) is 3.68. The van der Waals surface area contributed by atoms with E-state index in [9.17, 15) is 4.91 Å². The molecule has 0 N–H and O–H groups in total. The first-order valence-electron chi connectivity index (χ1n) is 5.48. The van der Waals surface area contributed by atoms with Crippen LogP contribution in [-0.4, -0.2) is 0 Å². The van der Waals surface area contributed by atoms with Crippen LogP contribution in [0.3, 0.4) is 0 Å². The van der Waals surface area contributed by atoms with Crippen molar-refractivity contribution in [2.24, 2.45) is 5.29 Å². The van der Waals surface area contributed by atoms with E-state index in [2.05, 4.69) is 5.29 Å². The number of benzene rings is 2. The molecule has 0 atom stereocenters. The van der Waals surface area contributed by atoms with E-state index in [-0.39, 0.29) is 0 Å². The molecule has 17 heavy (non-hydrogen) atoms. The van der Waals surface area contributed by atoms with Gasteiger partial charge in [-0.1, -0.05) is 36.4 Å². The molecule has 0 spiro atoms. The van der Waals surface area contributed by atoms with Crippen molar-refractivity contribution in [3.05, 3.63) is 64.6 Å². The van der Waals surface area contributed by atoms with Crippen molar-refractivity contribution >= 4 is 11.4 Å². The van der Waals surface area contributed by atoms with Crippen LogP contribution in [0.1, 0.15) is 11.1 Å². The predicted octanol–water partition coefficient (Wildman–Crippen LogP) is 4.12. The molecule has 0 radical (unpaired) electrons. The SMILES string of the molecule is Cc1ccccc1N(N=O)c1ccccc1C. The molecule has 0 aliphatic rings. The summed E-state index contributed by atoms with van der Waals surface area (Å²) < 4.78 is 0. The maximum absolute atomic E-state index is 11.1. The van der Waals surface area contributed by atoms with Gasteiger partial charge in [-0.05, 0) is 37.1 Å². The average Bonchev–Trinajstić information content (AvgIpc) is 2.34. The molecule has 0 fully saturated rings. The fourth-order valence-corrected chi connectivity index (χ4v) is 1.82. The van der Waals surface area contributed by atoms with E-state index in [0.29, 0.717) is 0 Å². The van der Waals surface area contributed by atoms with Gasteiger partial charge in [-0.15, -0.1) is 4.91 Å². The van der Waals surface area contributed by atoms with E-state index in [1.165, 1.54) is 5.01 Å². The first kappa shape index (κ1) is 11.3.